The van der Waals surface area contributed by atoms with Crippen molar-refractivity contribution in [3.63, 3.8) is 0 Å². The van der Waals surface area contributed by atoms with Gasteiger partial charge in [-0.15, -0.1) is 0 Å². The number of aromatic amines is 1. The lowest BCUT2D eigenvalue weighted by atomic mass is 9.79. The van der Waals surface area contributed by atoms with Crippen LogP contribution in [0.4, 0.5) is 0 Å². The molecule has 0 bridgehead atoms. The molecule has 0 saturated heterocycles. The van der Waals surface area contributed by atoms with Crippen LogP contribution in [0.2, 0.25) is 5.02 Å². The van der Waals surface area contributed by atoms with Gasteiger partial charge in [0.05, 0.1) is 11.2 Å². The van der Waals surface area contributed by atoms with Crippen LogP contribution in [0.1, 0.15) is 42.9 Å². The average molecular weight is 422 g/mol. The van der Waals surface area contributed by atoms with E-state index in [4.69, 9.17) is 16.6 Å². The van der Waals surface area contributed by atoms with Crippen molar-refractivity contribution in [2.45, 2.75) is 38.0 Å². The monoisotopic (exact) mass is 421 g/mol. The predicted molar refractivity (Wildman–Crippen MR) is 118 cm³/mol. The second-order valence-electron chi connectivity index (χ2n) is 8.09. The summed E-state index contributed by atoms with van der Waals surface area (Å²) in [6.45, 7) is 0.657. The molecule has 6 nitrogen and oxygen atoms in total. The molecule has 1 saturated carbocycles. The van der Waals surface area contributed by atoms with Gasteiger partial charge >= 0.3 is 0 Å². The SMILES string of the molecule is O=C(NCCc1ccc(Cl)cc1)[C@H]1CC[C@H](c2ncn3cnc4[nH]ccc4c23)CC1. The van der Waals surface area contributed by atoms with Crippen LogP contribution in [-0.4, -0.2) is 31.8 Å². The number of hydrogen-bond acceptors (Lipinski definition) is 3. The highest BCUT2D eigenvalue weighted by Crippen LogP contribution is 2.38. The minimum absolute atomic E-state index is 0.0919. The third kappa shape index (κ3) is 3.67. The largest absolute Gasteiger partial charge is 0.356 e. The van der Waals surface area contributed by atoms with Gasteiger partial charge in [0.25, 0.3) is 0 Å². The van der Waals surface area contributed by atoms with Gasteiger partial charge in [0.1, 0.15) is 18.3 Å². The number of fused-ring (bicyclic) bond motifs is 3. The molecule has 1 fully saturated rings. The molecule has 3 aromatic heterocycles. The van der Waals surface area contributed by atoms with Gasteiger partial charge in [-0.2, -0.15) is 0 Å². The molecule has 0 atom stereocenters. The van der Waals surface area contributed by atoms with Crippen molar-refractivity contribution < 1.29 is 4.79 Å². The second kappa shape index (κ2) is 8.11. The zero-order valence-corrected chi connectivity index (χ0v) is 17.4. The quantitative estimate of drug-likeness (QED) is 0.498. The van der Waals surface area contributed by atoms with Crippen LogP contribution in [0.15, 0.2) is 49.2 Å². The number of amides is 1. The Morgan fingerprint density at radius 1 is 1.10 bits per heavy atom. The van der Waals surface area contributed by atoms with Crippen molar-refractivity contribution in [1.29, 1.82) is 0 Å². The first-order valence-corrected chi connectivity index (χ1v) is 10.9. The summed E-state index contributed by atoms with van der Waals surface area (Å²) in [5, 5.41) is 4.95. The van der Waals surface area contributed by atoms with Crippen LogP contribution in [0.25, 0.3) is 16.6 Å². The summed E-state index contributed by atoms with van der Waals surface area (Å²) in [7, 11) is 0. The Hall–Kier alpha value is -2.86. The third-order valence-corrected chi connectivity index (χ3v) is 6.48. The molecule has 1 aliphatic carbocycles. The van der Waals surface area contributed by atoms with Crippen LogP contribution in [0.3, 0.4) is 0 Å². The van der Waals surface area contributed by atoms with Crippen molar-refractivity contribution in [2.24, 2.45) is 5.92 Å². The first-order valence-electron chi connectivity index (χ1n) is 10.5. The van der Waals surface area contributed by atoms with Gasteiger partial charge in [0, 0.05) is 35.0 Å². The van der Waals surface area contributed by atoms with Gasteiger partial charge in [-0.1, -0.05) is 23.7 Å². The minimum Gasteiger partial charge on any atom is -0.356 e. The Balaban J connectivity index is 1.19. The van der Waals surface area contributed by atoms with Crippen LogP contribution in [-0.2, 0) is 11.2 Å². The number of imidazole rings is 1. The Morgan fingerprint density at radius 2 is 1.87 bits per heavy atom. The van der Waals surface area contributed by atoms with E-state index in [2.05, 4.69) is 21.4 Å². The Morgan fingerprint density at radius 3 is 2.67 bits per heavy atom. The van der Waals surface area contributed by atoms with Crippen LogP contribution in [0, 0.1) is 5.92 Å². The molecule has 0 radical (unpaired) electrons. The summed E-state index contributed by atoms with van der Waals surface area (Å²) in [6.07, 6.45) is 10.2. The van der Waals surface area contributed by atoms with Crippen molar-refractivity contribution in [1.82, 2.24) is 24.7 Å². The molecule has 30 heavy (non-hydrogen) atoms. The molecule has 1 aromatic carbocycles. The molecule has 5 rings (SSSR count). The summed E-state index contributed by atoms with van der Waals surface area (Å²) in [4.78, 5) is 24.9. The summed E-state index contributed by atoms with van der Waals surface area (Å²) in [6, 6.07) is 9.84. The van der Waals surface area contributed by atoms with Crippen molar-refractivity contribution in [3.05, 3.63) is 65.5 Å². The number of aromatic nitrogens is 4. The van der Waals surface area contributed by atoms with Gasteiger partial charge < -0.3 is 10.3 Å². The number of benzene rings is 1. The number of halogens is 1. The van der Waals surface area contributed by atoms with E-state index in [0.717, 1.165) is 59.4 Å². The van der Waals surface area contributed by atoms with Gasteiger partial charge in [0.15, 0.2) is 0 Å². The van der Waals surface area contributed by atoms with Gasteiger partial charge in [-0.3, -0.25) is 9.20 Å². The van der Waals surface area contributed by atoms with E-state index in [-0.39, 0.29) is 11.8 Å². The lowest BCUT2D eigenvalue weighted by molar-refractivity contribution is -0.125. The molecule has 0 unspecified atom stereocenters. The lowest BCUT2D eigenvalue weighted by Gasteiger charge is -2.27. The number of carbonyl (C=O) groups is 1. The van der Waals surface area contributed by atoms with E-state index < -0.39 is 0 Å². The predicted octanol–water partition coefficient (Wildman–Crippen LogP) is 4.50. The molecule has 4 aromatic rings. The fourth-order valence-electron chi connectivity index (χ4n) is 4.57. The molecule has 0 aliphatic heterocycles. The standard InChI is InChI=1S/C23H24ClN5O/c24-18-7-1-15(2-8-18)9-11-26-23(30)17-5-3-16(4-6-17)20-21-19-10-12-25-22(19)28-14-29(21)13-27-20/h1-2,7-8,10,12-14,16-17,25H,3-6,9,11H2,(H,26,30)/t16-,17-. The van der Waals surface area contributed by atoms with E-state index in [1.165, 1.54) is 5.56 Å². The van der Waals surface area contributed by atoms with Crippen LogP contribution < -0.4 is 5.32 Å². The number of carbonyl (C=O) groups excluding carboxylic acids is 1. The maximum Gasteiger partial charge on any atom is 0.223 e. The highest BCUT2D eigenvalue weighted by molar-refractivity contribution is 6.30. The fourth-order valence-corrected chi connectivity index (χ4v) is 4.70. The molecule has 0 spiro atoms. The molecular weight excluding hydrogens is 398 g/mol. The van der Waals surface area contributed by atoms with Crippen LogP contribution >= 0.6 is 11.6 Å². The molecule has 2 N–H and O–H groups in total. The third-order valence-electron chi connectivity index (χ3n) is 6.22. The Bertz CT molecular complexity index is 1170. The Kier molecular flexibility index (Phi) is 5.17. The summed E-state index contributed by atoms with van der Waals surface area (Å²) >= 11 is 5.92. The van der Waals surface area contributed by atoms with Crippen molar-refractivity contribution in [2.75, 3.05) is 6.54 Å². The number of nitrogens with one attached hydrogen (secondary N) is 2. The fraction of sp³-hybridized carbons (Fsp3) is 0.348. The van der Waals surface area contributed by atoms with Gasteiger partial charge in [0.2, 0.25) is 5.91 Å². The average Bonchev–Trinajstić information content (AvgIpc) is 3.41. The van der Waals surface area contributed by atoms with E-state index >= 15 is 0 Å². The van der Waals surface area contributed by atoms with Gasteiger partial charge in [-0.25, -0.2) is 9.97 Å². The van der Waals surface area contributed by atoms with E-state index in [9.17, 15) is 4.79 Å². The second-order valence-corrected chi connectivity index (χ2v) is 8.52. The molecule has 1 aliphatic rings. The zero-order valence-electron chi connectivity index (χ0n) is 16.6. The highest BCUT2D eigenvalue weighted by atomic mass is 35.5. The zero-order chi connectivity index (χ0) is 20.5. The first-order chi connectivity index (χ1) is 14.7. The molecule has 3 heterocycles. The van der Waals surface area contributed by atoms with Crippen molar-refractivity contribution in [3.8, 4) is 0 Å². The summed E-state index contributed by atoms with van der Waals surface area (Å²) in [5.41, 5.74) is 4.33. The number of hydrogen-bond donors (Lipinski definition) is 2. The van der Waals surface area contributed by atoms with Crippen LogP contribution in [0.5, 0.6) is 0 Å². The highest BCUT2D eigenvalue weighted by Gasteiger charge is 2.29. The number of nitrogens with zero attached hydrogens (tertiary/aromatic N) is 3. The maximum atomic E-state index is 12.6. The minimum atomic E-state index is 0.0919. The molecule has 154 valence electrons. The van der Waals surface area contributed by atoms with E-state index in [1.54, 1.807) is 0 Å². The lowest BCUT2D eigenvalue weighted by Crippen LogP contribution is -2.34. The van der Waals surface area contributed by atoms with Gasteiger partial charge in [-0.05, 0) is 55.9 Å². The number of rotatable bonds is 5. The topological polar surface area (TPSA) is 75.1 Å². The maximum absolute atomic E-state index is 12.6. The van der Waals surface area contributed by atoms with E-state index in [0.29, 0.717) is 12.5 Å². The molecular formula is C23H24ClN5O. The van der Waals surface area contributed by atoms with Crippen molar-refractivity contribution >= 4 is 34.1 Å². The van der Waals surface area contributed by atoms with E-state index in [1.807, 2.05) is 47.5 Å². The Labute approximate surface area is 179 Å². The molecule has 1 amide bonds. The smallest absolute Gasteiger partial charge is 0.223 e. The normalized spacial score (nSPS) is 19.4. The summed E-state index contributed by atoms with van der Waals surface area (Å²) in [5.74, 6) is 0.650. The summed E-state index contributed by atoms with van der Waals surface area (Å²) < 4.78 is 2.00. The molecule has 7 heteroatoms. The number of H-pyrrole nitrogens is 1. The first kappa shape index (κ1) is 19.1.